The lowest BCUT2D eigenvalue weighted by Gasteiger charge is -2.03. The van der Waals surface area contributed by atoms with Gasteiger partial charge in [-0.1, -0.05) is 12.1 Å². The Morgan fingerprint density at radius 2 is 1.79 bits per heavy atom. The molecular weight excluding hydrogens is 298 g/mol. The number of pyridine rings is 1. The minimum atomic E-state index is 0.815. The molecule has 0 amide bonds. The van der Waals surface area contributed by atoms with Gasteiger partial charge in [0.1, 0.15) is 5.82 Å². The van der Waals surface area contributed by atoms with Crippen LogP contribution in [0.2, 0.25) is 0 Å². The van der Waals surface area contributed by atoms with Gasteiger partial charge in [0.2, 0.25) is 0 Å². The van der Waals surface area contributed by atoms with Crippen molar-refractivity contribution in [1.82, 2.24) is 24.5 Å². The van der Waals surface area contributed by atoms with E-state index in [4.69, 9.17) is 4.98 Å². The summed E-state index contributed by atoms with van der Waals surface area (Å²) in [5.74, 6) is 1.03. The van der Waals surface area contributed by atoms with Gasteiger partial charge in [0.05, 0.1) is 22.4 Å². The third-order valence-corrected chi connectivity index (χ3v) is 4.03. The van der Waals surface area contributed by atoms with Gasteiger partial charge in [-0.05, 0) is 30.7 Å². The SMILES string of the molecule is Cn1cc(-c2cccnc2)nc1CCc1cnc2ccccc2n1. The van der Waals surface area contributed by atoms with Gasteiger partial charge in [-0.15, -0.1) is 0 Å². The molecule has 5 nitrogen and oxygen atoms in total. The zero-order valence-corrected chi connectivity index (χ0v) is 13.4. The monoisotopic (exact) mass is 315 g/mol. The first-order valence-electron chi connectivity index (χ1n) is 7.93. The predicted octanol–water partition coefficient (Wildman–Crippen LogP) is 3.21. The molecule has 0 saturated heterocycles. The Morgan fingerprint density at radius 3 is 2.62 bits per heavy atom. The number of nitrogens with zero attached hydrogens (tertiary/aromatic N) is 5. The molecule has 5 heteroatoms. The van der Waals surface area contributed by atoms with Gasteiger partial charge in [-0.25, -0.2) is 9.97 Å². The molecular formula is C19H17N5. The van der Waals surface area contributed by atoms with E-state index in [0.29, 0.717) is 0 Å². The third kappa shape index (κ3) is 2.88. The van der Waals surface area contributed by atoms with Crippen LogP contribution in [0.5, 0.6) is 0 Å². The van der Waals surface area contributed by atoms with Crippen molar-refractivity contribution >= 4 is 11.0 Å². The van der Waals surface area contributed by atoms with Gasteiger partial charge in [0, 0.05) is 43.8 Å². The van der Waals surface area contributed by atoms with Crippen molar-refractivity contribution in [3.63, 3.8) is 0 Å². The Balaban J connectivity index is 1.54. The molecule has 24 heavy (non-hydrogen) atoms. The number of benzene rings is 1. The molecule has 0 N–H and O–H groups in total. The molecule has 0 unspecified atom stereocenters. The van der Waals surface area contributed by atoms with E-state index in [9.17, 15) is 0 Å². The Morgan fingerprint density at radius 1 is 0.917 bits per heavy atom. The zero-order valence-electron chi connectivity index (χ0n) is 13.4. The predicted molar refractivity (Wildman–Crippen MR) is 93.4 cm³/mol. The highest BCUT2D eigenvalue weighted by Gasteiger charge is 2.08. The van der Waals surface area contributed by atoms with Crippen LogP contribution < -0.4 is 0 Å². The molecule has 3 heterocycles. The first kappa shape index (κ1) is 14.5. The Hall–Kier alpha value is -3.08. The van der Waals surface area contributed by atoms with Gasteiger partial charge in [-0.3, -0.25) is 9.97 Å². The van der Waals surface area contributed by atoms with Gasteiger partial charge < -0.3 is 4.57 Å². The molecule has 0 radical (unpaired) electrons. The average Bonchev–Trinajstić information content (AvgIpc) is 3.01. The van der Waals surface area contributed by atoms with Gasteiger partial charge in [0.15, 0.2) is 0 Å². The van der Waals surface area contributed by atoms with Crippen LogP contribution >= 0.6 is 0 Å². The normalized spacial score (nSPS) is 11.0. The fourth-order valence-corrected chi connectivity index (χ4v) is 2.75. The van der Waals surface area contributed by atoms with E-state index in [1.165, 1.54) is 0 Å². The summed E-state index contributed by atoms with van der Waals surface area (Å²) < 4.78 is 2.07. The number of hydrogen-bond acceptors (Lipinski definition) is 4. The Bertz CT molecular complexity index is 975. The van der Waals surface area contributed by atoms with Crippen molar-refractivity contribution < 1.29 is 0 Å². The van der Waals surface area contributed by atoms with Crippen LogP contribution in [0.25, 0.3) is 22.3 Å². The molecule has 0 bridgehead atoms. The van der Waals surface area contributed by atoms with Gasteiger partial charge >= 0.3 is 0 Å². The molecule has 0 atom stereocenters. The molecule has 0 aliphatic heterocycles. The summed E-state index contributed by atoms with van der Waals surface area (Å²) in [6.45, 7) is 0. The number of hydrogen-bond donors (Lipinski definition) is 0. The summed E-state index contributed by atoms with van der Waals surface area (Å²) in [7, 11) is 2.02. The minimum absolute atomic E-state index is 0.815. The standard InChI is InChI=1S/C19H17N5/c1-24-13-18(14-5-4-10-20-11-14)23-19(24)9-8-15-12-21-16-6-2-3-7-17(16)22-15/h2-7,10-13H,8-9H2,1H3. The largest absolute Gasteiger partial charge is 0.337 e. The fraction of sp³-hybridized carbons (Fsp3) is 0.158. The second-order valence-electron chi connectivity index (χ2n) is 5.75. The number of aryl methyl sites for hydroxylation is 3. The maximum atomic E-state index is 4.73. The highest BCUT2D eigenvalue weighted by molar-refractivity contribution is 5.73. The van der Waals surface area contributed by atoms with Crippen LogP contribution in [-0.4, -0.2) is 24.5 Å². The summed E-state index contributed by atoms with van der Waals surface area (Å²) >= 11 is 0. The summed E-state index contributed by atoms with van der Waals surface area (Å²) in [4.78, 5) is 18.0. The molecule has 1 aromatic carbocycles. The Labute approximate surface area is 140 Å². The molecule has 0 aliphatic carbocycles. The van der Waals surface area contributed by atoms with Crippen LogP contribution in [0.4, 0.5) is 0 Å². The van der Waals surface area contributed by atoms with E-state index < -0.39 is 0 Å². The molecule has 3 aromatic heterocycles. The van der Waals surface area contributed by atoms with Gasteiger partial charge in [-0.2, -0.15) is 0 Å². The topological polar surface area (TPSA) is 56.5 Å². The lowest BCUT2D eigenvalue weighted by atomic mass is 10.2. The van der Waals surface area contributed by atoms with E-state index in [-0.39, 0.29) is 0 Å². The second-order valence-corrected chi connectivity index (χ2v) is 5.75. The number of rotatable bonds is 4. The van der Waals surface area contributed by atoms with E-state index in [2.05, 4.69) is 19.5 Å². The van der Waals surface area contributed by atoms with Crippen molar-refractivity contribution in [2.24, 2.45) is 7.05 Å². The molecule has 118 valence electrons. The van der Waals surface area contributed by atoms with Crippen LogP contribution in [-0.2, 0) is 19.9 Å². The first-order valence-corrected chi connectivity index (χ1v) is 7.93. The van der Waals surface area contributed by atoms with Crippen molar-refractivity contribution in [2.75, 3.05) is 0 Å². The highest BCUT2D eigenvalue weighted by Crippen LogP contribution is 2.18. The lowest BCUT2D eigenvalue weighted by molar-refractivity contribution is 0.762. The van der Waals surface area contributed by atoms with Crippen LogP contribution in [0.1, 0.15) is 11.5 Å². The van der Waals surface area contributed by atoms with E-state index in [1.54, 1.807) is 6.20 Å². The van der Waals surface area contributed by atoms with Crippen LogP contribution in [0.3, 0.4) is 0 Å². The van der Waals surface area contributed by atoms with Crippen molar-refractivity contribution in [1.29, 1.82) is 0 Å². The zero-order chi connectivity index (χ0) is 16.4. The number of imidazole rings is 1. The second kappa shape index (κ2) is 6.20. The molecule has 4 rings (SSSR count). The molecule has 0 aliphatic rings. The molecule has 4 aromatic rings. The van der Waals surface area contributed by atoms with Crippen LogP contribution in [0.15, 0.2) is 61.2 Å². The smallest absolute Gasteiger partial charge is 0.109 e. The number of para-hydroxylation sites is 2. The van der Waals surface area contributed by atoms with E-state index in [1.807, 2.05) is 62.0 Å². The van der Waals surface area contributed by atoms with Crippen molar-refractivity contribution in [3.8, 4) is 11.3 Å². The maximum absolute atomic E-state index is 4.73. The lowest BCUT2D eigenvalue weighted by Crippen LogP contribution is -2.02. The molecule has 0 fully saturated rings. The Kier molecular flexibility index (Phi) is 3.75. The quantitative estimate of drug-likeness (QED) is 0.580. The fourth-order valence-electron chi connectivity index (χ4n) is 2.75. The molecule has 0 saturated carbocycles. The average molecular weight is 315 g/mol. The van der Waals surface area contributed by atoms with Crippen molar-refractivity contribution in [3.05, 3.63) is 72.7 Å². The molecule has 0 spiro atoms. The third-order valence-electron chi connectivity index (χ3n) is 4.03. The van der Waals surface area contributed by atoms with Gasteiger partial charge in [0.25, 0.3) is 0 Å². The minimum Gasteiger partial charge on any atom is -0.337 e. The number of aromatic nitrogens is 5. The number of fused-ring (bicyclic) bond motifs is 1. The van der Waals surface area contributed by atoms with E-state index in [0.717, 1.165) is 46.7 Å². The summed E-state index contributed by atoms with van der Waals surface area (Å²) in [5.41, 5.74) is 4.83. The first-order chi connectivity index (χ1) is 11.8. The summed E-state index contributed by atoms with van der Waals surface area (Å²) in [6.07, 6.45) is 9.14. The summed E-state index contributed by atoms with van der Waals surface area (Å²) in [6, 6.07) is 11.9. The maximum Gasteiger partial charge on any atom is 0.109 e. The van der Waals surface area contributed by atoms with Crippen LogP contribution in [0, 0.1) is 0 Å². The van der Waals surface area contributed by atoms with Crippen molar-refractivity contribution in [2.45, 2.75) is 12.8 Å². The summed E-state index contributed by atoms with van der Waals surface area (Å²) in [5, 5.41) is 0. The van der Waals surface area contributed by atoms with E-state index >= 15 is 0 Å². The highest BCUT2D eigenvalue weighted by atomic mass is 15.0.